The Morgan fingerprint density at radius 2 is 2.26 bits per heavy atom. The maximum absolute atomic E-state index is 13.7. The number of nitrogens with zero attached hydrogens (tertiary/aromatic N) is 3. The fourth-order valence-corrected chi connectivity index (χ4v) is 1.80. The predicted octanol–water partition coefficient (Wildman–Crippen LogP) is 1.56. The van der Waals surface area contributed by atoms with E-state index in [1.165, 1.54) is 22.9 Å². The first-order valence-electron chi connectivity index (χ1n) is 6.09. The molecular formula is C13H13FN4O. The van der Waals surface area contributed by atoms with Gasteiger partial charge in [0, 0.05) is 30.9 Å². The van der Waals surface area contributed by atoms with E-state index in [0.717, 1.165) is 19.0 Å². The molecule has 1 saturated carbocycles. The summed E-state index contributed by atoms with van der Waals surface area (Å²) >= 11 is 0. The van der Waals surface area contributed by atoms with Gasteiger partial charge in [0.25, 0.3) is 5.56 Å². The zero-order chi connectivity index (χ0) is 13.4. The Balaban J connectivity index is 2.09. The maximum atomic E-state index is 13.7. The first-order valence-corrected chi connectivity index (χ1v) is 6.09. The quantitative estimate of drug-likeness (QED) is 0.909. The van der Waals surface area contributed by atoms with Crippen molar-refractivity contribution in [3.63, 3.8) is 0 Å². The highest BCUT2D eigenvalue weighted by atomic mass is 19.1. The maximum Gasteiger partial charge on any atom is 0.255 e. The van der Waals surface area contributed by atoms with Crippen molar-refractivity contribution in [2.24, 2.45) is 7.05 Å². The van der Waals surface area contributed by atoms with Gasteiger partial charge in [-0.05, 0) is 18.9 Å². The summed E-state index contributed by atoms with van der Waals surface area (Å²) in [6.07, 6.45) is 4.74. The number of rotatable bonds is 3. The lowest BCUT2D eigenvalue weighted by molar-refractivity contribution is 0.624. The monoisotopic (exact) mass is 260 g/mol. The lowest BCUT2D eigenvalue weighted by Gasteiger charge is -2.11. The van der Waals surface area contributed by atoms with Crippen LogP contribution in [0.5, 0.6) is 0 Å². The predicted molar refractivity (Wildman–Crippen MR) is 69.3 cm³/mol. The molecule has 2 aromatic rings. The van der Waals surface area contributed by atoms with Gasteiger partial charge in [0.1, 0.15) is 0 Å². The molecule has 5 nitrogen and oxygen atoms in total. The topological polar surface area (TPSA) is 59.8 Å². The van der Waals surface area contributed by atoms with Crippen molar-refractivity contribution in [2.45, 2.75) is 18.9 Å². The molecule has 0 unspecified atom stereocenters. The highest BCUT2D eigenvalue weighted by Crippen LogP contribution is 2.25. The lowest BCUT2D eigenvalue weighted by Crippen LogP contribution is -2.22. The van der Waals surface area contributed by atoms with Crippen LogP contribution >= 0.6 is 0 Å². The molecule has 3 rings (SSSR count). The third-order valence-corrected chi connectivity index (χ3v) is 3.09. The Morgan fingerprint density at radius 3 is 2.95 bits per heavy atom. The summed E-state index contributed by atoms with van der Waals surface area (Å²) in [5.41, 5.74) is 0.391. The lowest BCUT2D eigenvalue weighted by atomic mass is 10.2. The van der Waals surface area contributed by atoms with Gasteiger partial charge in [0.2, 0.25) is 5.95 Å². The van der Waals surface area contributed by atoms with Gasteiger partial charge in [-0.1, -0.05) is 0 Å². The van der Waals surface area contributed by atoms with Crippen LogP contribution in [0.25, 0.3) is 11.3 Å². The van der Waals surface area contributed by atoms with Crippen LogP contribution in [0.4, 0.5) is 10.3 Å². The van der Waals surface area contributed by atoms with E-state index in [1.54, 1.807) is 7.05 Å². The second-order valence-corrected chi connectivity index (χ2v) is 4.64. The average Bonchev–Trinajstić information content (AvgIpc) is 3.19. The van der Waals surface area contributed by atoms with Gasteiger partial charge in [0.15, 0.2) is 5.82 Å². The fraction of sp³-hybridized carbons (Fsp3) is 0.308. The Labute approximate surface area is 109 Å². The number of aromatic nitrogens is 3. The minimum absolute atomic E-state index is 0.218. The molecule has 1 N–H and O–H groups in total. The van der Waals surface area contributed by atoms with Crippen LogP contribution in [-0.4, -0.2) is 20.6 Å². The van der Waals surface area contributed by atoms with Gasteiger partial charge in [0.05, 0.1) is 11.9 Å². The molecule has 2 aromatic heterocycles. The third-order valence-electron chi connectivity index (χ3n) is 3.09. The fourth-order valence-electron chi connectivity index (χ4n) is 1.80. The van der Waals surface area contributed by atoms with Crippen LogP contribution in [0.1, 0.15) is 12.8 Å². The van der Waals surface area contributed by atoms with Crippen LogP contribution in [0.3, 0.4) is 0 Å². The molecule has 1 aliphatic carbocycles. The Kier molecular flexibility index (Phi) is 2.77. The molecule has 2 heterocycles. The molecule has 0 bridgehead atoms. The zero-order valence-electron chi connectivity index (χ0n) is 10.4. The molecule has 0 aliphatic heterocycles. The molecule has 19 heavy (non-hydrogen) atoms. The normalized spacial score (nSPS) is 14.4. The molecule has 98 valence electrons. The molecule has 0 amide bonds. The summed E-state index contributed by atoms with van der Waals surface area (Å²) in [6, 6.07) is 3.21. The summed E-state index contributed by atoms with van der Waals surface area (Å²) < 4.78 is 15.1. The molecule has 1 aliphatic rings. The second-order valence-electron chi connectivity index (χ2n) is 4.64. The van der Waals surface area contributed by atoms with E-state index in [1.807, 2.05) is 0 Å². The smallest absolute Gasteiger partial charge is 0.255 e. The molecular weight excluding hydrogens is 247 g/mol. The first-order chi connectivity index (χ1) is 9.15. The highest BCUT2D eigenvalue weighted by Gasteiger charge is 2.23. The SMILES string of the molecule is Cn1c(NC2CC2)nc(-c2ccncc2F)cc1=O. The van der Waals surface area contributed by atoms with E-state index in [-0.39, 0.29) is 11.1 Å². The minimum Gasteiger partial charge on any atom is -0.353 e. The number of anilines is 1. The standard InChI is InChI=1S/C13H13FN4O/c1-18-12(19)6-11(9-4-5-15-7-10(9)14)17-13(18)16-8-2-3-8/h4-8H,2-3H2,1H3,(H,16,17). The zero-order valence-corrected chi connectivity index (χ0v) is 10.4. The van der Waals surface area contributed by atoms with E-state index in [2.05, 4.69) is 15.3 Å². The Morgan fingerprint density at radius 1 is 1.47 bits per heavy atom. The summed E-state index contributed by atoms with van der Waals surface area (Å²) in [6.45, 7) is 0. The van der Waals surface area contributed by atoms with Crippen molar-refractivity contribution in [3.8, 4) is 11.3 Å². The van der Waals surface area contributed by atoms with Gasteiger partial charge in [-0.25, -0.2) is 9.37 Å². The van der Waals surface area contributed by atoms with Gasteiger partial charge >= 0.3 is 0 Å². The van der Waals surface area contributed by atoms with Gasteiger partial charge in [-0.2, -0.15) is 0 Å². The van der Waals surface area contributed by atoms with Crippen LogP contribution in [-0.2, 0) is 7.05 Å². The first kappa shape index (κ1) is 11.8. The van der Waals surface area contributed by atoms with Crippen LogP contribution in [0.2, 0.25) is 0 Å². The van der Waals surface area contributed by atoms with Gasteiger partial charge < -0.3 is 5.32 Å². The third kappa shape index (κ3) is 2.33. The molecule has 0 aromatic carbocycles. The van der Waals surface area contributed by atoms with Crippen molar-refractivity contribution in [2.75, 3.05) is 5.32 Å². The number of hydrogen-bond donors (Lipinski definition) is 1. The Hall–Kier alpha value is -2.24. The summed E-state index contributed by atoms with van der Waals surface area (Å²) in [5.74, 6) is -0.0122. The molecule has 1 fully saturated rings. The van der Waals surface area contributed by atoms with Crippen LogP contribution in [0.15, 0.2) is 29.3 Å². The van der Waals surface area contributed by atoms with E-state index in [9.17, 15) is 9.18 Å². The molecule has 0 saturated heterocycles. The van der Waals surface area contributed by atoms with Crippen molar-refractivity contribution >= 4 is 5.95 Å². The minimum atomic E-state index is -0.486. The Bertz CT molecular complexity index is 679. The number of halogens is 1. The second kappa shape index (κ2) is 4.46. The molecule has 0 atom stereocenters. The number of hydrogen-bond acceptors (Lipinski definition) is 4. The summed E-state index contributed by atoms with van der Waals surface area (Å²) in [5, 5.41) is 3.17. The number of pyridine rings is 1. The van der Waals surface area contributed by atoms with Crippen molar-refractivity contribution in [1.82, 2.24) is 14.5 Å². The molecule has 0 radical (unpaired) electrons. The van der Waals surface area contributed by atoms with E-state index >= 15 is 0 Å². The largest absolute Gasteiger partial charge is 0.353 e. The summed E-state index contributed by atoms with van der Waals surface area (Å²) in [4.78, 5) is 19.9. The molecule has 6 heteroatoms. The highest BCUT2D eigenvalue weighted by molar-refractivity contribution is 5.60. The summed E-state index contributed by atoms with van der Waals surface area (Å²) in [7, 11) is 1.65. The van der Waals surface area contributed by atoms with E-state index in [4.69, 9.17) is 0 Å². The van der Waals surface area contributed by atoms with Crippen molar-refractivity contribution in [3.05, 3.63) is 40.7 Å². The van der Waals surface area contributed by atoms with Crippen molar-refractivity contribution < 1.29 is 4.39 Å². The van der Waals surface area contributed by atoms with E-state index in [0.29, 0.717) is 17.7 Å². The van der Waals surface area contributed by atoms with Gasteiger partial charge in [-0.15, -0.1) is 0 Å². The molecule has 0 spiro atoms. The van der Waals surface area contributed by atoms with E-state index < -0.39 is 5.82 Å². The van der Waals surface area contributed by atoms with Crippen LogP contribution in [0, 0.1) is 5.82 Å². The van der Waals surface area contributed by atoms with Gasteiger partial charge in [-0.3, -0.25) is 14.3 Å². The van der Waals surface area contributed by atoms with Crippen molar-refractivity contribution in [1.29, 1.82) is 0 Å². The number of nitrogens with one attached hydrogen (secondary N) is 1. The average molecular weight is 260 g/mol. The van der Waals surface area contributed by atoms with Crippen LogP contribution < -0.4 is 10.9 Å².